The summed E-state index contributed by atoms with van der Waals surface area (Å²) in [5.41, 5.74) is -0.400. The second kappa shape index (κ2) is 7.86. The van der Waals surface area contributed by atoms with Crippen molar-refractivity contribution in [2.24, 2.45) is 0 Å². The lowest BCUT2D eigenvalue weighted by Crippen LogP contribution is -2.15. The van der Waals surface area contributed by atoms with Crippen molar-refractivity contribution in [2.45, 2.75) is 19.6 Å². The fourth-order valence-corrected chi connectivity index (χ4v) is 3.45. The Morgan fingerprint density at radius 3 is 2.71 bits per heavy atom. The van der Waals surface area contributed by atoms with Crippen LogP contribution in [0.2, 0.25) is 10.0 Å². The van der Waals surface area contributed by atoms with Crippen LogP contribution in [0.15, 0.2) is 42.7 Å². The lowest BCUT2D eigenvalue weighted by Gasteiger charge is -2.09. The lowest BCUT2D eigenvalue weighted by atomic mass is 10.2. The molecule has 3 heterocycles. The van der Waals surface area contributed by atoms with Crippen molar-refractivity contribution >= 4 is 40.4 Å². The molecule has 4 rings (SSSR count). The Labute approximate surface area is 183 Å². The number of anilines is 1. The predicted molar refractivity (Wildman–Crippen MR) is 108 cm³/mol. The van der Waals surface area contributed by atoms with Crippen LogP contribution < -0.4 is 5.32 Å². The first kappa shape index (κ1) is 21.1. The quantitative estimate of drug-likeness (QED) is 0.463. The third kappa shape index (κ3) is 4.35. The number of benzene rings is 1. The van der Waals surface area contributed by atoms with E-state index in [0.717, 1.165) is 11.6 Å². The maximum Gasteiger partial charge on any atom is 0.433 e. The van der Waals surface area contributed by atoms with Gasteiger partial charge in [-0.15, -0.1) is 0 Å². The van der Waals surface area contributed by atoms with Crippen molar-refractivity contribution in [2.75, 3.05) is 5.32 Å². The van der Waals surface area contributed by atoms with Crippen LogP contribution in [0.4, 0.5) is 18.9 Å². The predicted octanol–water partition coefficient (Wildman–Crippen LogP) is 4.86. The van der Waals surface area contributed by atoms with Crippen molar-refractivity contribution < 1.29 is 18.0 Å². The molecule has 0 atom stereocenters. The van der Waals surface area contributed by atoms with E-state index in [1.165, 1.54) is 13.1 Å². The number of rotatable bonds is 4. The van der Waals surface area contributed by atoms with Gasteiger partial charge < -0.3 is 5.32 Å². The molecule has 0 spiro atoms. The highest BCUT2D eigenvalue weighted by Gasteiger charge is 2.36. The Morgan fingerprint density at radius 1 is 1.23 bits per heavy atom. The Hall–Kier alpha value is -3.11. The standard InChI is InChI=1S/C19H13Cl2F3N6O/c1-10-5-14(19(22,23)24)30-17(26-10)15(21)16(28-30)18(31)27-13-7-25-29(9-13)8-11-3-2-4-12(20)6-11/h2-7,9H,8H2,1H3,(H,27,31). The van der Waals surface area contributed by atoms with Crippen LogP contribution in [-0.4, -0.2) is 30.3 Å². The third-order valence-electron chi connectivity index (χ3n) is 4.29. The average molecular weight is 469 g/mol. The van der Waals surface area contributed by atoms with Gasteiger partial charge in [-0.3, -0.25) is 9.48 Å². The van der Waals surface area contributed by atoms with Crippen molar-refractivity contribution in [3.8, 4) is 0 Å². The molecule has 3 aromatic heterocycles. The van der Waals surface area contributed by atoms with Crippen LogP contribution in [0.3, 0.4) is 0 Å². The highest BCUT2D eigenvalue weighted by molar-refractivity contribution is 6.37. The van der Waals surface area contributed by atoms with E-state index in [4.69, 9.17) is 23.2 Å². The summed E-state index contributed by atoms with van der Waals surface area (Å²) < 4.78 is 42.1. The van der Waals surface area contributed by atoms with Crippen LogP contribution in [0, 0.1) is 6.92 Å². The summed E-state index contributed by atoms with van der Waals surface area (Å²) in [4.78, 5) is 16.6. The summed E-state index contributed by atoms with van der Waals surface area (Å²) in [6.45, 7) is 1.80. The normalized spacial score (nSPS) is 11.8. The molecule has 0 fully saturated rings. The van der Waals surface area contributed by atoms with Gasteiger partial charge in [-0.05, 0) is 30.7 Å². The monoisotopic (exact) mass is 468 g/mol. The van der Waals surface area contributed by atoms with E-state index < -0.39 is 17.8 Å². The number of carbonyl (C=O) groups is 1. The number of alkyl halides is 3. The molecule has 0 aliphatic heterocycles. The summed E-state index contributed by atoms with van der Waals surface area (Å²) in [6.07, 6.45) is -1.74. The second-order valence-corrected chi connectivity index (χ2v) is 7.50. The number of halogens is 5. The fraction of sp³-hybridized carbons (Fsp3) is 0.158. The zero-order valence-electron chi connectivity index (χ0n) is 15.8. The number of fused-ring (bicyclic) bond motifs is 1. The average Bonchev–Trinajstić information content (AvgIpc) is 3.25. The largest absolute Gasteiger partial charge is 0.433 e. The summed E-state index contributed by atoms with van der Waals surface area (Å²) in [5, 5.41) is 10.7. The Kier molecular flexibility index (Phi) is 5.36. The van der Waals surface area contributed by atoms with Gasteiger partial charge in [0.2, 0.25) is 0 Å². The lowest BCUT2D eigenvalue weighted by molar-refractivity contribution is -0.142. The minimum Gasteiger partial charge on any atom is -0.318 e. The molecule has 0 radical (unpaired) electrons. The summed E-state index contributed by atoms with van der Waals surface area (Å²) in [6, 6.07) is 8.04. The number of nitrogens with one attached hydrogen (secondary N) is 1. The van der Waals surface area contributed by atoms with E-state index in [2.05, 4.69) is 20.5 Å². The van der Waals surface area contributed by atoms with Gasteiger partial charge in [-0.1, -0.05) is 35.3 Å². The number of hydrogen-bond acceptors (Lipinski definition) is 4. The van der Waals surface area contributed by atoms with Gasteiger partial charge in [0.25, 0.3) is 5.91 Å². The minimum absolute atomic E-state index is 0.0934. The van der Waals surface area contributed by atoms with Crippen LogP contribution in [0.5, 0.6) is 0 Å². The van der Waals surface area contributed by atoms with E-state index >= 15 is 0 Å². The maximum absolute atomic E-state index is 13.3. The van der Waals surface area contributed by atoms with Crippen LogP contribution in [0.1, 0.15) is 27.4 Å². The molecule has 0 aliphatic carbocycles. The number of nitrogens with zero attached hydrogens (tertiary/aromatic N) is 5. The van der Waals surface area contributed by atoms with Gasteiger partial charge in [0.15, 0.2) is 11.3 Å². The topological polar surface area (TPSA) is 77.1 Å². The highest BCUT2D eigenvalue weighted by atomic mass is 35.5. The Bertz CT molecular complexity index is 1300. The first-order valence-electron chi connectivity index (χ1n) is 8.83. The number of carbonyl (C=O) groups excluding carboxylic acids is 1. The molecule has 1 amide bonds. The van der Waals surface area contributed by atoms with Crippen molar-refractivity contribution in [1.82, 2.24) is 24.4 Å². The summed E-state index contributed by atoms with van der Waals surface area (Å²) in [7, 11) is 0. The summed E-state index contributed by atoms with van der Waals surface area (Å²) >= 11 is 12.1. The first-order valence-corrected chi connectivity index (χ1v) is 9.59. The number of amides is 1. The molecule has 0 aliphatic rings. The van der Waals surface area contributed by atoms with Crippen LogP contribution in [-0.2, 0) is 12.7 Å². The molecule has 0 unspecified atom stereocenters. The Morgan fingerprint density at radius 2 is 2.00 bits per heavy atom. The van der Waals surface area contributed by atoms with Gasteiger partial charge in [0.1, 0.15) is 10.7 Å². The van der Waals surface area contributed by atoms with Crippen molar-refractivity contribution in [1.29, 1.82) is 0 Å². The van der Waals surface area contributed by atoms with Gasteiger partial charge in [0.05, 0.1) is 18.4 Å². The number of aromatic nitrogens is 5. The van der Waals surface area contributed by atoms with E-state index in [9.17, 15) is 18.0 Å². The van der Waals surface area contributed by atoms with E-state index in [0.29, 0.717) is 21.8 Å². The molecule has 7 nitrogen and oxygen atoms in total. The van der Waals surface area contributed by atoms with Crippen molar-refractivity contribution in [3.05, 3.63) is 75.4 Å². The highest BCUT2D eigenvalue weighted by Crippen LogP contribution is 2.32. The smallest absolute Gasteiger partial charge is 0.318 e. The van der Waals surface area contributed by atoms with E-state index in [1.807, 2.05) is 6.07 Å². The molecular formula is C19H13Cl2F3N6O. The molecule has 12 heteroatoms. The summed E-state index contributed by atoms with van der Waals surface area (Å²) in [5.74, 6) is -0.788. The van der Waals surface area contributed by atoms with Crippen LogP contribution in [0.25, 0.3) is 5.65 Å². The van der Waals surface area contributed by atoms with Gasteiger partial charge in [-0.25, -0.2) is 9.50 Å². The second-order valence-electron chi connectivity index (χ2n) is 6.69. The third-order valence-corrected chi connectivity index (χ3v) is 4.87. The van der Waals surface area contributed by atoms with E-state index in [1.54, 1.807) is 29.1 Å². The first-order chi connectivity index (χ1) is 14.6. The zero-order chi connectivity index (χ0) is 22.3. The molecule has 0 saturated carbocycles. The SMILES string of the molecule is Cc1cc(C(F)(F)F)n2nc(C(=O)Nc3cnn(Cc4cccc(Cl)c4)c3)c(Cl)c2n1. The molecular weight excluding hydrogens is 456 g/mol. The zero-order valence-corrected chi connectivity index (χ0v) is 17.3. The molecule has 0 saturated heterocycles. The molecule has 4 aromatic rings. The maximum atomic E-state index is 13.3. The molecule has 0 bridgehead atoms. The molecule has 1 aromatic carbocycles. The molecule has 160 valence electrons. The Balaban J connectivity index is 1.59. The number of aryl methyl sites for hydroxylation is 1. The van der Waals surface area contributed by atoms with Gasteiger partial charge >= 0.3 is 6.18 Å². The van der Waals surface area contributed by atoms with Gasteiger partial charge in [-0.2, -0.15) is 23.4 Å². The number of hydrogen-bond donors (Lipinski definition) is 1. The van der Waals surface area contributed by atoms with Crippen LogP contribution >= 0.6 is 23.2 Å². The fourth-order valence-electron chi connectivity index (χ4n) is 2.99. The van der Waals surface area contributed by atoms with Gasteiger partial charge in [0, 0.05) is 16.9 Å². The molecule has 31 heavy (non-hydrogen) atoms. The van der Waals surface area contributed by atoms with E-state index in [-0.39, 0.29) is 22.1 Å². The molecule has 1 N–H and O–H groups in total. The van der Waals surface area contributed by atoms with Crippen molar-refractivity contribution in [3.63, 3.8) is 0 Å². The minimum atomic E-state index is -4.70.